The van der Waals surface area contributed by atoms with Gasteiger partial charge < -0.3 is 25.7 Å². The summed E-state index contributed by atoms with van der Waals surface area (Å²) in [6, 6.07) is 5.30. The third-order valence-corrected chi connectivity index (χ3v) is 5.44. The normalized spacial score (nSPS) is 16.6. The lowest BCUT2D eigenvalue weighted by Crippen LogP contribution is -2.43. The summed E-state index contributed by atoms with van der Waals surface area (Å²) in [6.07, 6.45) is 5.93. The number of ether oxygens (including phenoxy) is 1. The predicted molar refractivity (Wildman–Crippen MR) is 138 cm³/mol. The van der Waals surface area contributed by atoms with Crippen molar-refractivity contribution in [2.45, 2.75) is 59.2 Å². The van der Waals surface area contributed by atoms with Gasteiger partial charge in [0.15, 0.2) is 0 Å². The van der Waals surface area contributed by atoms with Gasteiger partial charge in [-0.1, -0.05) is 36.9 Å². The largest absolute Gasteiger partial charge is 0.478 e. The molecule has 8 heteroatoms. The Bertz CT molecular complexity index is 1090. The topological polar surface area (TPSA) is 123 Å². The van der Waals surface area contributed by atoms with Gasteiger partial charge in [-0.2, -0.15) is 0 Å². The van der Waals surface area contributed by atoms with Crippen LogP contribution in [0.25, 0.3) is 0 Å². The fourth-order valence-electron chi connectivity index (χ4n) is 3.88. The lowest BCUT2D eigenvalue weighted by molar-refractivity contribution is -0.132. The highest BCUT2D eigenvalue weighted by atomic mass is 16.6. The number of aliphatic hydroxyl groups is 1. The van der Waals surface area contributed by atoms with Crippen molar-refractivity contribution in [2.75, 3.05) is 11.5 Å². The molecule has 1 heterocycles. The van der Waals surface area contributed by atoms with Crippen LogP contribution in [-0.2, 0) is 22.5 Å². The number of carboxylic acids is 1. The maximum absolute atomic E-state index is 12.9. The monoisotopic (exact) mass is 481 g/mol. The lowest BCUT2D eigenvalue weighted by Gasteiger charge is -2.28. The Kier molecular flexibility index (Phi) is 9.19. The van der Waals surface area contributed by atoms with Crippen molar-refractivity contribution in [3.05, 3.63) is 76.5 Å². The van der Waals surface area contributed by atoms with E-state index in [1.165, 1.54) is 11.0 Å². The lowest BCUT2D eigenvalue weighted by atomic mass is 9.97. The summed E-state index contributed by atoms with van der Waals surface area (Å²) >= 11 is 0. The SMILES string of the molecule is C=C(NCc1ccc2c(c1)N(C(=O)OC(C)(C)C)C(CO)C2)/C(C=N)=C(\C=C/C)C(=C\C)/C(=O)O. The first-order valence-electron chi connectivity index (χ1n) is 11.4. The van der Waals surface area contributed by atoms with Gasteiger partial charge in [0.05, 0.1) is 23.9 Å². The summed E-state index contributed by atoms with van der Waals surface area (Å²) in [7, 11) is 0. The van der Waals surface area contributed by atoms with Crippen LogP contribution in [0.1, 0.15) is 45.7 Å². The molecule has 0 bridgehead atoms. The van der Waals surface area contributed by atoms with Crippen molar-refractivity contribution >= 4 is 24.0 Å². The van der Waals surface area contributed by atoms with E-state index in [-0.39, 0.29) is 12.2 Å². The molecule has 0 saturated carbocycles. The van der Waals surface area contributed by atoms with Crippen molar-refractivity contribution in [3.63, 3.8) is 0 Å². The van der Waals surface area contributed by atoms with Gasteiger partial charge in [0, 0.05) is 24.0 Å². The van der Waals surface area contributed by atoms with E-state index in [1.54, 1.807) is 46.8 Å². The van der Waals surface area contributed by atoms with Crippen LogP contribution >= 0.6 is 0 Å². The van der Waals surface area contributed by atoms with Gasteiger partial charge >= 0.3 is 12.1 Å². The van der Waals surface area contributed by atoms with Gasteiger partial charge in [-0.3, -0.25) is 4.90 Å². The number of rotatable bonds is 9. The smallest absolute Gasteiger partial charge is 0.415 e. The quantitative estimate of drug-likeness (QED) is 0.234. The molecule has 1 atom stereocenters. The van der Waals surface area contributed by atoms with Crippen LogP contribution < -0.4 is 10.2 Å². The van der Waals surface area contributed by atoms with E-state index in [1.807, 2.05) is 18.2 Å². The summed E-state index contributed by atoms with van der Waals surface area (Å²) in [5, 5.41) is 30.4. The third-order valence-electron chi connectivity index (χ3n) is 5.44. The Morgan fingerprint density at radius 3 is 2.49 bits per heavy atom. The van der Waals surface area contributed by atoms with Crippen molar-refractivity contribution < 1.29 is 24.5 Å². The molecule has 4 N–H and O–H groups in total. The van der Waals surface area contributed by atoms with Crippen molar-refractivity contribution in [3.8, 4) is 0 Å². The van der Waals surface area contributed by atoms with E-state index in [2.05, 4.69) is 11.9 Å². The molecule has 0 saturated heterocycles. The number of carbonyl (C=O) groups excluding carboxylic acids is 1. The van der Waals surface area contributed by atoms with Crippen LogP contribution in [0, 0.1) is 5.41 Å². The number of hydrogen-bond donors (Lipinski definition) is 4. The minimum absolute atomic E-state index is 0.0742. The summed E-state index contributed by atoms with van der Waals surface area (Å²) in [5.74, 6) is -1.09. The van der Waals surface area contributed by atoms with E-state index in [9.17, 15) is 19.8 Å². The molecule has 0 spiro atoms. The van der Waals surface area contributed by atoms with Gasteiger partial charge in [0.2, 0.25) is 0 Å². The molecule has 1 aliphatic heterocycles. The Morgan fingerprint density at radius 2 is 1.97 bits per heavy atom. The number of benzene rings is 1. The van der Waals surface area contributed by atoms with Crippen LogP contribution in [0.5, 0.6) is 0 Å². The van der Waals surface area contributed by atoms with Crippen LogP contribution in [0.15, 0.2) is 65.4 Å². The molecule has 0 fully saturated rings. The first-order chi connectivity index (χ1) is 16.5. The van der Waals surface area contributed by atoms with Crippen LogP contribution in [0.4, 0.5) is 10.5 Å². The number of hydrogen-bond acceptors (Lipinski definition) is 6. The standard InChI is InChI=1S/C27H35N3O5/c1-7-9-22(21(8-2)25(32)33)23(14-28)17(3)29-15-18-10-11-19-13-20(16-31)30(24(19)12-18)26(34)35-27(4,5)6/h7-12,14,20,28-29,31H,3,13,15-16H2,1-2,4-6H3,(H,32,33)/b9-7-,21-8+,23-22+,28-14?. The number of anilines is 1. The van der Waals surface area contributed by atoms with Crippen molar-refractivity contribution in [1.82, 2.24) is 5.32 Å². The molecule has 2 rings (SSSR count). The third kappa shape index (κ3) is 6.70. The Hall–Kier alpha value is -3.65. The second kappa shape index (κ2) is 11.7. The molecule has 0 aliphatic carbocycles. The first kappa shape index (κ1) is 27.6. The minimum atomic E-state index is -1.09. The highest BCUT2D eigenvalue weighted by molar-refractivity contribution is 5.97. The van der Waals surface area contributed by atoms with Crippen molar-refractivity contribution in [1.29, 1.82) is 5.41 Å². The van der Waals surface area contributed by atoms with E-state index < -0.39 is 23.7 Å². The number of nitrogens with zero attached hydrogens (tertiary/aromatic N) is 1. The molecule has 35 heavy (non-hydrogen) atoms. The molecular weight excluding hydrogens is 446 g/mol. The second-order valence-electron chi connectivity index (χ2n) is 9.17. The van der Waals surface area contributed by atoms with Crippen LogP contribution in [-0.4, -0.2) is 46.7 Å². The highest BCUT2D eigenvalue weighted by Crippen LogP contribution is 2.34. The van der Waals surface area contributed by atoms with Gasteiger partial charge in [-0.05, 0) is 63.8 Å². The molecule has 0 aromatic heterocycles. The zero-order chi connectivity index (χ0) is 26.3. The van der Waals surface area contributed by atoms with Gasteiger partial charge in [0.25, 0.3) is 0 Å². The Balaban J connectivity index is 2.32. The van der Waals surface area contributed by atoms with E-state index in [4.69, 9.17) is 10.1 Å². The summed E-state index contributed by atoms with van der Waals surface area (Å²) < 4.78 is 5.55. The summed E-state index contributed by atoms with van der Waals surface area (Å²) in [4.78, 5) is 26.0. The number of aliphatic hydroxyl groups excluding tert-OH is 1. The molecule has 1 aromatic rings. The average molecular weight is 482 g/mol. The highest BCUT2D eigenvalue weighted by Gasteiger charge is 2.36. The molecule has 1 aliphatic rings. The Labute approximate surface area is 206 Å². The first-order valence-corrected chi connectivity index (χ1v) is 11.4. The van der Waals surface area contributed by atoms with E-state index >= 15 is 0 Å². The van der Waals surface area contributed by atoms with Gasteiger partial charge in [-0.25, -0.2) is 9.59 Å². The molecule has 1 amide bonds. The molecule has 8 nitrogen and oxygen atoms in total. The zero-order valence-corrected chi connectivity index (χ0v) is 21.0. The number of aliphatic carboxylic acids is 1. The maximum Gasteiger partial charge on any atom is 0.415 e. The number of carbonyl (C=O) groups is 2. The fourth-order valence-corrected chi connectivity index (χ4v) is 3.88. The zero-order valence-electron chi connectivity index (χ0n) is 21.0. The summed E-state index contributed by atoms with van der Waals surface area (Å²) in [5.41, 5.74) is 3.00. The number of carboxylic acid groups (broad SMARTS) is 1. The maximum atomic E-state index is 12.9. The molecule has 188 valence electrons. The molecular formula is C27H35N3O5. The van der Waals surface area contributed by atoms with Crippen molar-refractivity contribution in [2.24, 2.45) is 0 Å². The number of allylic oxidation sites excluding steroid dienone is 4. The van der Waals surface area contributed by atoms with Crippen LogP contribution in [0.2, 0.25) is 0 Å². The minimum Gasteiger partial charge on any atom is -0.478 e. The van der Waals surface area contributed by atoms with Gasteiger partial charge in [0.1, 0.15) is 5.60 Å². The van der Waals surface area contributed by atoms with Gasteiger partial charge in [-0.15, -0.1) is 0 Å². The number of amides is 1. The predicted octanol–water partition coefficient (Wildman–Crippen LogP) is 4.50. The molecule has 0 radical (unpaired) electrons. The van der Waals surface area contributed by atoms with E-state index in [0.29, 0.717) is 35.5 Å². The molecule has 1 aromatic carbocycles. The second-order valence-corrected chi connectivity index (χ2v) is 9.17. The number of nitrogens with one attached hydrogen (secondary N) is 2. The number of fused-ring (bicyclic) bond motifs is 1. The average Bonchev–Trinajstić information content (AvgIpc) is 3.15. The molecule has 1 unspecified atom stereocenters. The Morgan fingerprint density at radius 1 is 1.29 bits per heavy atom. The van der Waals surface area contributed by atoms with E-state index in [0.717, 1.165) is 17.3 Å². The fraction of sp³-hybridized carbons (Fsp3) is 0.370. The summed E-state index contributed by atoms with van der Waals surface area (Å²) in [6.45, 7) is 12.9. The van der Waals surface area contributed by atoms with Crippen LogP contribution in [0.3, 0.4) is 0 Å².